The molecule has 0 aliphatic heterocycles. The van der Waals surface area contributed by atoms with Gasteiger partial charge in [-0.1, -0.05) is 11.6 Å². The van der Waals surface area contributed by atoms with Gasteiger partial charge in [-0.25, -0.2) is 0 Å². The second-order valence-corrected chi connectivity index (χ2v) is 5.06. The molecule has 0 bridgehead atoms. The number of hydrogen-bond acceptors (Lipinski definition) is 6. The first-order valence-corrected chi connectivity index (χ1v) is 7.13. The fraction of sp³-hybridized carbons (Fsp3) is 0.125. The molecule has 0 unspecified atom stereocenters. The Morgan fingerprint density at radius 3 is 2.62 bits per heavy atom. The summed E-state index contributed by atoms with van der Waals surface area (Å²) < 4.78 is 10.2. The van der Waals surface area contributed by atoms with Crippen LogP contribution in [0.15, 0.2) is 41.4 Å². The van der Waals surface area contributed by atoms with E-state index in [-0.39, 0.29) is 10.7 Å². The van der Waals surface area contributed by atoms with Gasteiger partial charge in [0.15, 0.2) is 11.5 Å². The molecule has 2 rings (SSSR count). The predicted molar refractivity (Wildman–Crippen MR) is 89.7 cm³/mol. The van der Waals surface area contributed by atoms with Crippen molar-refractivity contribution in [2.75, 3.05) is 7.11 Å². The van der Waals surface area contributed by atoms with Crippen LogP contribution in [0, 0.1) is 10.1 Å². The molecule has 0 spiro atoms. The summed E-state index contributed by atoms with van der Waals surface area (Å²) in [4.78, 5) is 25.5. The van der Waals surface area contributed by atoms with Crippen molar-refractivity contribution in [1.29, 1.82) is 0 Å². The lowest BCUT2D eigenvalue weighted by atomic mass is 10.2. The summed E-state index contributed by atoms with van der Waals surface area (Å²) in [5, 5.41) is 10.9. The van der Waals surface area contributed by atoms with E-state index in [1.165, 1.54) is 32.4 Å². The lowest BCUT2D eigenvalue weighted by molar-refractivity contribution is -0.384. The Labute approximate surface area is 142 Å². The van der Waals surface area contributed by atoms with Gasteiger partial charge in [-0.05, 0) is 35.9 Å². The standard InChI is InChI=1S/C16H13ClN2O5/c1-10(20)24-15-6-3-11(7-16(15)23-2)9-18-12-4-5-13(17)14(8-12)19(21)22/h3-9H,1-2H3. The topological polar surface area (TPSA) is 91.0 Å². The molecule has 2 aromatic rings. The monoisotopic (exact) mass is 348 g/mol. The molecule has 0 aliphatic rings. The number of carbonyl (C=O) groups is 1. The minimum absolute atomic E-state index is 0.0475. The summed E-state index contributed by atoms with van der Waals surface area (Å²) in [6.45, 7) is 1.29. The van der Waals surface area contributed by atoms with E-state index in [0.717, 1.165) is 0 Å². The van der Waals surface area contributed by atoms with Gasteiger partial charge in [-0.15, -0.1) is 0 Å². The molecule has 7 nitrogen and oxygen atoms in total. The molecule has 0 amide bonds. The van der Waals surface area contributed by atoms with E-state index >= 15 is 0 Å². The second-order valence-electron chi connectivity index (χ2n) is 4.65. The molecule has 0 atom stereocenters. The zero-order chi connectivity index (χ0) is 17.7. The first kappa shape index (κ1) is 17.4. The normalized spacial score (nSPS) is 10.6. The Morgan fingerprint density at radius 1 is 1.25 bits per heavy atom. The van der Waals surface area contributed by atoms with E-state index in [1.807, 2.05) is 0 Å². The fourth-order valence-electron chi connectivity index (χ4n) is 1.87. The highest BCUT2D eigenvalue weighted by molar-refractivity contribution is 6.32. The average Bonchev–Trinajstić information content (AvgIpc) is 2.54. The average molecular weight is 349 g/mol. The molecule has 0 aliphatic carbocycles. The molecule has 0 radical (unpaired) electrons. The van der Waals surface area contributed by atoms with Gasteiger partial charge in [0.05, 0.1) is 17.7 Å². The molecule has 24 heavy (non-hydrogen) atoms. The molecule has 0 heterocycles. The molecule has 0 aromatic heterocycles. The van der Waals surface area contributed by atoms with Gasteiger partial charge in [-0.3, -0.25) is 19.9 Å². The lowest BCUT2D eigenvalue weighted by Crippen LogP contribution is -2.03. The van der Waals surface area contributed by atoms with Crippen LogP contribution in [0.2, 0.25) is 5.02 Å². The van der Waals surface area contributed by atoms with Crippen molar-refractivity contribution in [1.82, 2.24) is 0 Å². The van der Waals surface area contributed by atoms with Crippen LogP contribution in [0.4, 0.5) is 11.4 Å². The Kier molecular flexibility index (Phi) is 5.49. The predicted octanol–water partition coefficient (Wildman–Crippen LogP) is 3.93. The lowest BCUT2D eigenvalue weighted by Gasteiger charge is -2.08. The highest BCUT2D eigenvalue weighted by atomic mass is 35.5. The fourth-order valence-corrected chi connectivity index (χ4v) is 2.06. The Bertz CT molecular complexity index is 820. The van der Waals surface area contributed by atoms with Crippen molar-refractivity contribution < 1.29 is 19.2 Å². The maximum absolute atomic E-state index is 11.0. The summed E-state index contributed by atoms with van der Waals surface area (Å²) in [5.41, 5.74) is 0.837. The highest BCUT2D eigenvalue weighted by Gasteiger charge is 2.12. The minimum Gasteiger partial charge on any atom is -0.493 e. The third kappa shape index (κ3) is 4.30. The van der Waals surface area contributed by atoms with Crippen LogP contribution >= 0.6 is 11.6 Å². The molecule has 2 aromatic carbocycles. The summed E-state index contributed by atoms with van der Waals surface area (Å²) in [5.74, 6) is 0.212. The number of nitrogens with zero attached hydrogens (tertiary/aromatic N) is 2. The molecular formula is C16H13ClN2O5. The van der Waals surface area contributed by atoms with Gasteiger partial charge in [0, 0.05) is 19.2 Å². The van der Waals surface area contributed by atoms with Gasteiger partial charge < -0.3 is 9.47 Å². The van der Waals surface area contributed by atoms with E-state index in [4.69, 9.17) is 21.1 Å². The number of nitro groups is 1. The number of esters is 1. The number of halogens is 1. The highest BCUT2D eigenvalue weighted by Crippen LogP contribution is 2.30. The smallest absolute Gasteiger partial charge is 0.308 e. The summed E-state index contributed by atoms with van der Waals surface area (Å²) in [6, 6.07) is 9.14. The van der Waals surface area contributed by atoms with Gasteiger partial charge in [0.1, 0.15) is 5.02 Å². The zero-order valence-electron chi connectivity index (χ0n) is 12.9. The van der Waals surface area contributed by atoms with E-state index in [9.17, 15) is 14.9 Å². The van der Waals surface area contributed by atoms with Crippen LogP contribution in [0.5, 0.6) is 11.5 Å². The van der Waals surface area contributed by atoms with Gasteiger partial charge >= 0.3 is 5.97 Å². The number of ether oxygens (including phenoxy) is 2. The number of aliphatic imine (C=N–C) groups is 1. The third-order valence-electron chi connectivity index (χ3n) is 2.93. The van der Waals surface area contributed by atoms with Crippen molar-refractivity contribution in [3.8, 4) is 11.5 Å². The molecule has 8 heteroatoms. The van der Waals surface area contributed by atoms with Crippen LogP contribution in [0.3, 0.4) is 0 Å². The Hall–Kier alpha value is -2.93. The molecule has 0 fully saturated rings. The molecule has 0 saturated carbocycles. The van der Waals surface area contributed by atoms with E-state index in [1.54, 1.807) is 24.3 Å². The van der Waals surface area contributed by atoms with Gasteiger partial charge in [-0.2, -0.15) is 0 Å². The second kappa shape index (κ2) is 7.56. The van der Waals surface area contributed by atoms with Crippen LogP contribution in [0.1, 0.15) is 12.5 Å². The third-order valence-corrected chi connectivity index (χ3v) is 3.25. The number of nitro benzene ring substituents is 1. The zero-order valence-corrected chi connectivity index (χ0v) is 13.6. The minimum atomic E-state index is -0.571. The van der Waals surface area contributed by atoms with Crippen molar-refractivity contribution in [2.45, 2.75) is 6.92 Å². The first-order chi connectivity index (χ1) is 11.4. The van der Waals surface area contributed by atoms with Crippen LogP contribution in [0.25, 0.3) is 0 Å². The molecule has 0 N–H and O–H groups in total. The van der Waals surface area contributed by atoms with E-state index in [0.29, 0.717) is 22.7 Å². The van der Waals surface area contributed by atoms with Crippen molar-refractivity contribution in [3.05, 3.63) is 57.1 Å². The maximum Gasteiger partial charge on any atom is 0.308 e. The summed E-state index contributed by atoms with van der Waals surface area (Å²) >= 11 is 5.76. The van der Waals surface area contributed by atoms with Gasteiger partial charge in [0.2, 0.25) is 0 Å². The largest absolute Gasteiger partial charge is 0.493 e. The number of hydrogen-bond donors (Lipinski definition) is 0. The quantitative estimate of drug-likeness (QED) is 0.268. The Balaban J connectivity index is 2.27. The van der Waals surface area contributed by atoms with Crippen LogP contribution in [-0.4, -0.2) is 24.2 Å². The van der Waals surface area contributed by atoms with Crippen LogP contribution < -0.4 is 9.47 Å². The Morgan fingerprint density at radius 2 is 2.00 bits per heavy atom. The maximum atomic E-state index is 11.0. The van der Waals surface area contributed by atoms with Crippen molar-refractivity contribution in [2.24, 2.45) is 4.99 Å². The van der Waals surface area contributed by atoms with Crippen molar-refractivity contribution >= 4 is 35.2 Å². The molecular weight excluding hydrogens is 336 g/mol. The SMILES string of the molecule is COc1cc(C=Nc2ccc(Cl)c([N+](=O)[O-])c2)ccc1OC(C)=O. The summed E-state index contributed by atoms with van der Waals surface area (Å²) in [6.07, 6.45) is 1.51. The van der Waals surface area contributed by atoms with E-state index < -0.39 is 10.9 Å². The number of carbonyl (C=O) groups excluding carboxylic acids is 1. The summed E-state index contributed by atoms with van der Waals surface area (Å²) in [7, 11) is 1.45. The number of benzene rings is 2. The molecule has 0 saturated heterocycles. The van der Waals surface area contributed by atoms with Gasteiger partial charge in [0.25, 0.3) is 5.69 Å². The number of methoxy groups -OCH3 is 1. The number of rotatable bonds is 5. The van der Waals surface area contributed by atoms with E-state index in [2.05, 4.69) is 4.99 Å². The first-order valence-electron chi connectivity index (χ1n) is 6.75. The molecule has 124 valence electrons. The van der Waals surface area contributed by atoms with Crippen LogP contribution in [-0.2, 0) is 4.79 Å². The van der Waals surface area contributed by atoms with Crippen molar-refractivity contribution in [3.63, 3.8) is 0 Å².